The van der Waals surface area contributed by atoms with E-state index in [4.69, 9.17) is 9.47 Å². The van der Waals surface area contributed by atoms with Gasteiger partial charge in [0.25, 0.3) is 11.1 Å². The van der Waals surface area contributed by atoms with Gasteiger partial charge in [0.1, 0.15) is 0 Å². The summed E-state index contributed by atoms with van der Waals surface area (Å²) < 4.78 is 11.1. The second-order valence-corrected chi connectivity index (χ2v) is 6.75. The number of hydrogen-bond donors (Lipinski definition) is 0. The predicted octanol–water partition coefficient (Wildman–Crippen LogP) is 4.18. The third-order valence-corrected chi connectivity index (χ3v) is 4.19. The minimum absolute atomic E-state index is 0.212. The van der Waals surface area contributed by atoms with Crippen LogP contribution in [0.15, 0.2) is 23.1 Å². The van der Waals surface area contributed by atoms with E-state index >= 15 is 0 Å². The van der Waals surface area contributed by atoms with E-state index in [0.717, 1.165) is 17.3 Å². The Morgan fingerprint density at radius 1 is 1.12 bits per heavy atom. The minimum atomic E-state index is -0.231. The van der Waals surface area contributed by atoms with Crippen LogP contribution in [0.2, 0.25) is 0 Å². The number of hydrogen-bond acceptors (Lipinski definition) is 5. The molecule has 1 aliphatic heterocycles. The van der Waals surface area contributed by atoms with Crippen LogP contribution in [0.3, 0.4) is 0 Å². The van der Waals surface area contributed by atoms with Crippen LogP contribution in [0.5, 0.6) is 11.5 Å². The molecule has 1 fully saturated rings. The molecule has 1 heterocycles. The van der Waals surface area contributed by atoms with Crippen molar-refractivity contribution in [1.82, 2.24) is 4.90 Å². The van der Waals surface area contributed by atoms with Crippen molar-refractivity contribution in [2.75, 3.05) is 19.8 Å². The summed E-state index contributed by atoms with van der Waals surface area (Å²) in [6, 6.07) is 5.49. The first kappa shape index (κ1) is 18.4. The molecule has 1 saturated heterocycles. The molecule has 130 valence electrons. The number of carbonyl (C=O) groups excluding carboxylic acids is 2. The summed E-state index contributed by atoms with van der Waals surface area (Å²) >= 11 is 0.979. The zero-order valence-corrected chi connectivity index (χ0v) is 15.3. The van der Waals surface area contributed by atoms with Gasteiger partial charge in [0.15, 0.2) is 11.5 Å². The Kier molecular flexibility index (Phi) is 6.31. The zero-order valence-electron chi connectivity index (χ0n) is 14.5. The standard InChI is InChI=1S/C18H23NO4S/c1-5-22-14-8-7-13(9-15(14)23-6-2)10-16-17(20)19(11-12(3)4)18(21)24-16/h7-10,12H,5-6,11H2,1-4H3. The lowest BCUT2D eigenvalue weighted by atomic mass is 10.1. The van der Waals surface area contributed by atoms with E-state index in [-0.39, 0.29) is 17.1 Å². The molecular formula is C18H23NO4S. The predicted molar refractivity (Wildman–Crippen MR) is 96.3 cm³/mol. The van der Waals surface area contributed by atoms with Gasteiger partial charge < -0.3 is 9.47 Å². The Bertz CT molecular complexity index is 654. The molecule has 2 rings (SSSR count). The second-order valence-electron chi connectivity index (χ2n) is 5.76. The van der Waals surface area contributed by atoms with Crippen molar-refractivity contribution in [1.29, 1.82) is 0 Å². The van der Waals surface area contributed by atoms with Crippen LogP contribution in [-0.4, -0.2) is 35.8 Å². The number of carbonyl (C=O) groups is 2. The maximum absolute atomic E-state index is 12.4. The van der Waals surface area contributed by atoms with Gasteiger partial charge in [-0.2, -0.15) is 0 Å². The molecular weight excluding hydrogens is 326 g/mol. The first-order chi connectivity index (χ1) is 11.5. The smallest absolute Gasteiger partial charge is 0.293 e. The largest absolute Gasteiger partial charge is 0.490 e. The van der Waals surface area contributed by atoms with Gasteiger partial charge in [0.05, 0.1) is 18.1 Å². The number of thioether (sulfide) groups is 1. The maximum Gasteiger partial charge on any atom is 0.293 e. The molecule has 6 heteroatoms. The summed E-state index contributed by atoms with van der Waals surface area (Å²) in [4.78, 5) is 26.1. The zero-order chi connectivity index (χ0) is 17.7. The average Bonchev–Trinajstić information content (AvgIpc) is 2.77. The monoisotopic (exact) mass is 349 g/mol. The SMILES string of the molecule is CCOc1ccc(C=C2SC(=O)N(CC(C)C)C2=O)cc1OCC. The van der Waals surface area contributed by atoms with Gasteiger partial charge in [0.2, 0.25) is 0 Å². The average molecular weight is 349 g/mol. The highest BCUT2D eigenvalue weighted by molar-refractivity contribution is 8.18. The topological polar surface area (TPSA) is 55.8 Å². The highest BCUT2D eigenvalue weighted by Crippen LogP contribution is 2.35. The highest BCUT2D eigenvalue weighted by Gasteiger charge is 2.35. The molecule has 1 aromatic rings. The fourth-order valence-corrected chi connectivity index (χ4v) is 3.18. The Morgan fingerprint density at radius 2 is 1.79 bits per heavy atom. The lowest BCUT2D eigenvalue weighted by molar-refractivity contribution is -0.123. The van der Waals surface area contributed by atoms with Crippen molar-refractivity contribution >= 4 is 29.0 Å². The molecule has 0 bridgehead atoms. The third kappa shape index (κ3) is 4.32. The molecule has 0 aliphatic carbocycles. The molecule has 1 aromatic carbocycles. The summed E-state index contributed by atoms with van der Waals surface area (Å²) in [6.45, 7) is 9.28. The maximum atomic E-state index is 12.4. The van der Waals surface area contributed by atoms with Gasteiger partial charge >= 0.3 is 0 Å². The van der Waals surface area contributed by atoms with Crippen LogP contribution in [0, 0.1) is 5.92 Å². The van der Waals surface area contributed by atoms with Crippen molar-refractivity contribution in [2.45, 2.75) is 27.7 Å². The van der Waals surface area contributed by atoms with E-state index in [9.17, 15) is 9.59 Å². The van der Waals surface area contributed by atoms with Gasteiger partial charge in [-0.1, -0.05) is 19.9 Å². The Labute approximate surface area is 147 Å². The number of nitrogens with zero attached hydrogens (tertiary/aromatic N) is 1. The quantitative estimate of drug-likeness (QED) is 0.691. The van der Waals surface area contributed by atoms with Gasteiger partial charge in [-0.3, -0.25) is 14.5 Å². The Hall–Kier alpha value is -1.95. The molecule has 0 N–H and O–H groups in total. The van der Waals surface area contributed by atoms with Crippen molar-refractivity contribution < 1.29 is 19.1 Å². The van der Waals surface area contributed by atoms with Crippen molar-refractivity contribution in [2.24, 2.45) is 5.92 Å². The van der Waals surface area contributed by atoms with E-state index in [1.807, 2.05) is 45.9 Å². The van der Waals surface area contributed by atoms with Crippen LogP contribution < -0.4 is 9.47 Å². The van der Waals surface area contributed by atoms with Crippen LogP contribution in [0.4, 0.5) is 4.79 Å². The molecule has 1 aliphatic rings. The van der Waals surface area contributed by atoms with Crippen molar-refractivity contribution in [3.05, 3.63) is 28.7 Å². The molecule has 0 aromatic heterocycles. The third-order valence-electron chi connectivity index (χ3n) is 3.29. The number of amides is 2. The first-order valence-electron chi connectivity index (χ1n) is 8.11. The highest BCUT2D eigenvalue weighted by atomic mass is 32.2. The molecule has 0 unspecified atom stereocenters. The van der Waals surface area contributed by atoms with Crippen LogP contribution >= 0.6 is 11.8 Å². The van der Waals surface area contributed by atoms with Crippen LogP contribution in [0.25, 0.3) is 6.08 Å². The number of imide groups is 1. The second kappa shape index (κ2) is 8.24. The molecule has 5 nitrogen and oxygen atoms in total. The summed E-state index contributed by atoms with van der Waals surface area (Å²) in [7, 11) is 0. The molecule has 0 radical (unpaired) electrons. The molecule has 2 amide bonds. The Balaban J connectivity index is 2.26. The molecule has 0 saturated carbocycles. The van der Waals surface area contributed by atoms with Crippen LogP contribution in [-0.2, 0) is 4.79 Å². The summed E-state index contributed by atoms with van der Waals surface area (Å²) in [5.41, 5.74) is 0.803. The number of rotatable bonds is 7. The normalized spacial score (nSPS) is 16.4. The molecule has 0 spiro atoms. The minimum Gasteiger partial charge on any atom is -0.490 e. The number of ether oxygens (including phenoxy) is 2. The Morgan fingerprint density at radius 3 is 2.42 bits per heavy atom. The fraction of sp³-hybridized carbons (Fsp3) is 0.444. The van der Waals surface area contributed by atoms with E-state index in [2.05, 4.69) is 0 Å². The summed E-state index contributed by atoms with van der Waals surface area (Å²) in [6.07, 6.45) is 1.73. The van der Waals surface area contributed by atoms with Gasteiger partial charge in [-0.05, 0) is 55.3 Å². The van der Waals surface area contributed by atoms with E-state index < -0.39 is 0 Å². The molecule has 24 heavy (non-hydrogen) atoms. The van der Waals surface area contributed by atoms with E-state index in [1.54, 1.807) is 6.08 Å². The van der Waals surface area contributed by atoms with Gasteiger partial charge in [-0.25, -0.2) is 0 Å². The lowest BCUT2D eigenvalue weighted by Gasteiger charge is -2.14. The summed E-state index contributed by atoms with van der Waals surface area (Å²) in [5, 5.41) is -0.212. The summed E-state index contributed by atoms with van der Waals surface area (Å²) in [5.74, 6) is 1.32. The number of benzene rings is 1. The van der Waals surface area contributed by atoms with E-state index in [1.165, 1.54) is 4.90 Å². The van der Waals surface area contributed by atoms with Crippen molar-refractivity contribution in [3.8, 4) is 11.5 Å². The van der Waals surface area contributed by atoms with Crippen LogP contribution in [0.1, 0.15) is 33.3 Å². The van der Waals surface area contributed by atoms with Gasteiger partial charge in [-0.15, -0.1) is 0 Å². The van der Waals surface area contributed by atoms with Crippen molar-refractivity contribution in [3.63, 3.8) is 0 Å². The molecule has 0 atom stereocenters. The fourth-order valence-electron chi connectivity index (χ4n) is 2.33. The van der Waals surface area contributed by atoms with Gasteiger partial charge in [0, 0.05) is 6.54 Å². The van der Waals surface area contributed by atoms with E-state index in [0.29, 0.717) is 36.2 Å². The first-order valence-corrected chi connectivity index (χ1v) is 8.92. The lowest BCUT2D eigenvalue weighted by Crippen LogP contribution is -2.31.